The van der Waals surface area contributed by atoms with Crippen molar-refractivity contribution in [3.63, 3.8) is 0 Å². The molecule has 0 radical (unpaired) electrons. The zero-order valence-electron chi connectivity index (χ0n) is 15.5. The van der Waals surface area contributed by atoms with Gasteiger partial charge in [-0.25, -0.2) is 8.78 Å². The van der Waals surface area contributed by atoms with Crippen molar-refractivity contribution in [2.45, 2.75) is 11.1 Å². The second-order valence-electron chi connectivity index (χ2n) is 6.74. The minimum atomic E-state index is -4.64. The molecule has 3 aromatic carbocycles. The van der Waals surface area contributed by atoms with E-state index in [1.165, 1.54) is 42.7 Å². The van der Waals surface area contributed by atoms with E-state index in [1.54, 1.807) is 6.07 Å². The zero-order valence-corrected chi connectivity index (χ0v) is 16.3. The number of aromatic amines is 1. The number of hydrogen-bond donors (Lipinski definition) is 1. The lowest BCUT2D eigenvalue weighted by molar-refractivity contribution is -0.137. The molecule has 2 nitrogen and oxygen atoms in total. The number of halogens is 5. The van der Waals surface area contributed by atoms with Crippen molar-refractivity contribution in [2.24, 2.45) is 0 Å². The first-order valence-corrected chi connectivity index (χ1v) is 10.3. The van der Waals surface area contributed by atoms with Crippen LogP contribution in [0.15, 0.2) is 65.6 Å². The Bertz CT molecular complexity index is 1270. The molecule has 1 atom stereocenters. The largest absolute Gasteiger partial charge is 0.417 e. The highest BCUT2D eigenvalue weighted by molar-refractivity contribution is 7.84. The summed E-state index contributed by atoms with van der Waals surface area (Å²) in [5, 5.41) is 0.501. The van der Waals surface area contributed by atoms with Gasteiger partial charge in [0, 0.05) is 32.9 Å². The summed E-state index contributed by atoms with van der Waals surface area (Å²) in [7, 11) is -1.56. The molecule has 30 heavy (non-hydrogen) atoms. The standard InChI is InChI=1S/C22H14F5NOS/c1-30(29)14-6-7-15(16(11-14)22(25,26)27)12-5-8-19-13(9-12)10-20(28-19)21-17(23)3-2-4-18(21)24/h2-11,28H,1H3. The summed E-state index contributed by atoms with van der Waals surface area (Å²) in [5.41, 5.74) is -0.213. The second-order valence-corrected chi connectivity index (χ2v) is 8.12. The Balaban J connectivity index is 1.87. The average molecular weight is 435 g/mol. The van der Waals surface area contributed by atoms with Gasteiger partial charge in [0.2, 0.25) is 0 Å². The lowest BCUT2D eigenvalue weighted by atomic mass is 9.98. The first-order valence-electron chi connectivity index (χ1n) is 8.77. The van der Waals surface area contributed by atoms with Crippen LogP contribution >= 0.6 is 0 Å². The minimum Gasteiger partial charge on any atom is -0.354 e. The van der Waals surface area contributed by atoms with Crippen molar-refractivity contribution in [1.82, 2.24) is 4.98 Å². The lowest BCUT2D eigenvalue weighted by Gasteiger charge is -2.14. The first kappa shape index (κ1) is 20.3. The highest BCUT2D eigenvalue weighted by Gasteiger charge is 2.34. The third kappa shape index (κ3) is 3.63. The summed E-state index contributed by atoms with van der Waals surface area (Å²) in [5.74, 6) is -1.49. The molecule has 1 unspecified atom stereocenters. The molecular formula is C22H14F5NOS. The summed E-state index contributed by atoms with van der Waals surface area (Å²) >= 11 is 0. The molecular weight excluding hydrogens is 421 g/mol. The van der Waals surface area contributed by atoms with Gasteiger partial charge in [0.05, 0.1) is 16.8 Å². The van der Waals surface area contributed by atoms with E-state index in [-0.39, 0.29) is 27.3 Å². The van der Waals surface area contributed by atoms with Gasteiger partial charge in [-0.15, -0.1) is 0 Å². The third-order valence-electron chi connectivity index (χ3n) is 4.79. The molecule has 0 aliphatic rings. The maximum absolute atomic E-state index is 14.1. The predicted octanol–water partition coefficient (Wildman–Crippen LogP) is 6.54. The molecule has 0 aliphatic heterocycles. The fraction of sp³-hybridized carbons (Fsp3) is 0.0909. The minimum absolute atomic E-state index is 0.0709. The molecule has 1 aromatic heterocycles. The number of rotatable bonds is 3. The van der Waals surface area contributed by atoms with Crippen molar-refractivity contribution < 1.29 is 26.2 Å². The Hall–Kier alpha value is -3.00. The van der Waals surface area contributed by atoms with Crippen LogP contribution in [0, 0.1) is 11.6 Å². The number of benzene rings is 3. The molecule has 0 fully saturated rings. The molecule has 0 saturated carbocycles. The molecule has 0 saturated heterocycles. The highest BCUT2D eigenvalue weighted by Crippen LogP contribution is 2.39. The summed E-state index contributed by atoms with van der Waals surface area (Å²) in [4.78, 5) is 2.97. The Morgan fingerprint density at radius 2 is 1.60 bits per heavy atom. The molecule has 1 N–H and O–H groups in total. The maximum atomic E-state index is 14.1. The average Bonchev–Trinajstić information content (AvgIpc) is 3.09. The van der Waals surface area contributed by atoms with Crippen molar-refractivity contribution in [2.75, 3.05) is 6.26 Å². The number of nitrogens with one attached hydrogen (secondary N) is 1. The fourth-order valence-electron chi connectivity index (χ4n) is 3.38. The summed E-state index contributed by atoms with van der Waals surface area (Å²) in [6, 6.07) is 13.1. The van der Waals surface area contributed by atoms with E-state index in [0.29, 0.717) is 10.9 Å². The fourth-order valence-corrected chi connectivity index (χ4v) is 3.92. The van der Waals surface area contributed by atoms with E-state index in [9.17, 15) is 26.2 Å². The highest BCUT2D eigenvalue weighted by atomic mass is 32.2. The van der Waals surface area contributed by atoms with Gasteiger partial charge in [-0.2, -0.15) is 13.2 Å². The maximum Gasteiger partial charge on any atom is 0.417 e. The number of H-pyrrole nitrogens is 1. The Morgan fingerprint density at radius 3 is 2.23 bits per heavy atom. The summed E-state index contributed by atoms with van der Waals surface area (Å²) < 4.78 is 80.6. The van der Waals surface area contributed by atoms with Crippen molar-refractivity contribution in [3.8, 4) is 22.4 Å². The quantitative estimate of drug-likeness (QED) is 0.364. The van der Waals surface area contributed by atoms with Crippen LogP contribution in [-0.2, 0) is 17.0 Å². The topological polar surface area (TPSA) is 32.9 Å². The zero-order chi connectivity index (χ0) is 21.6. The smallest absolute Gasteiger partial charge is 0.354 e. The monoisotopic (exact) mass is 435 g/mol. The van der Waals surface area contributed by atoms with E-state index in [0.717, 1.165) is 18.2 Å². The van der Waals surface area contributed by atoms with Crippen molar-refractivity contribution >= 4 is 21.7 Å². The number of alkyl halides is 3. The Morgan fingerprint density at radius 1 is 0.900 bits per heavy atom. The lowest BCUT2D eigenvalue weighted by Crippen LogP contribution is -2.08. The van der Waals surface area contributed by atoms with Crippen LogP contribution in [0.2, 0.25) is 0 Å². The molecule has 0 aliphatic carbocycles. The van der Waals surface area contributed by atoms with Gasteiger partial charge < -0.3 is 4.98 Å². The molecule has 4 rings (SSSR count). The van der Waals surface area contributed by atoms with Gasteiger partial charge >= 0.3 is 6.18 Å². The van der Waals surface area contributed by atoms with E-state index < -0.39 is 34.2 Å². The van der Waals surface area contributed by atoms with E-state index in [4.69, 9.17) is 0 Å². The number of fused-ring (bicyclic) bond motifs is 1. The summed E-state index contributed by atoms with van der Waals surface area (Å²) in [6.45, 7) is 0. The molecule has 154 valence electrons. The van der Waals surface area contributed by atoms with Gasteiger partial charge in [0.25, 0.3) is 0 Å². The van der Waals surface area contributed by atoms with Crippen LogP contribution in [-0.4, -0.2) is 15.4 Å². The van der Waals surface area contributed by atoms with Gasteiger partial charge in [0.15, 0.2) is 0 Å². The second kappa shape index (κ2) is 7.36. The van der Waals surface area contributed by atoms with Gasteiger partial charge in [-0.3, -0.25) is 4.21 Å². The normalized spacial score (nSPS) is 13.0. The van der Waals surface area contributed by atoms with Crippen LogP contribution < -0.4 is 0 Å². The van der Waals surface area contributed by atoms with E-state index in [1.807, 2.05) is 0 Å². The summed E-state index contributed by atoms with van der Waals surface area (Å²) in [6.07, 6.45) is -3.33. The molecule has 4 aromatic rings. The van der Waals surface area contributed by atoms with E-state index in [2.05, 4.69) is 4.98 Å². The van der Waals surface area contributed by atoms with Crippen LogP contribution in [0.4, 0.5) is 22.0 Å². The van der Waals surface area contributed by atoms with Gasteiger partial charge in [0.1, 0.15) is 11.6 Å². The van der Waals surface area contributed by atoms with Crippen molar-refractivity contribution in [1.29, 1.82) is 0 Å². The van der Waals surface area contributed by atoms with Crippen LogP contribution in [0.5, 0.6) is 0 Å². The van der Waals surface area contributed by atoms with Crippen LogP contribution in [0.25, 0.3) is 33.3 Å². The number of hydrogen-bond acceptors (Lipinski definition) is 1. The SMILES string of the molecule is CS(=O)c1ccc(-c2ccc3[nH]c(-c4c(F)cccc4F)cc3c2)c(C(F)(F)F)c1. The van der Waals surface area contributed by atoms with Crippen LogP contribution in [0.1, 0.15) is 5.56 Å². The molecule has 8 heteroatoms. The predicted molar refractivity (Wildman–Crippen MR) is 106 cm³/mol. The molecule has 0 spiro atoms. The van der Waals surface area contributed by atoms with Crippen molar-refractivity contribution in [3.05, 3.63) is 77.9 Å². The molecule has 0 amide bonds. The molecule has 1 heterocycles. The van der Waals surface area contributed by atoms with Gasteiger partial charge in [-0.1, -0.05) is 18.2 Å². The van der Waals surface area contributed by atoms with Crippen LogP contribution in [0.3, 0.4) is 0 Å². The first-order chi connectivity index (χ1) is 14.1. The third-order valence-corrected chi connectivity index (χ3v) is 5.71. The van der Waals surface area contributed by atoms with Gasteiger partial charge in [-0.05, 0) is 53.6 Å². The Labute approximate surface area is 170 Å². The number of aromatic nitrogens is 1. The van der Waals surface area contributed by atoms with E-state index >= 15 is 0 Å². The Kier molecular flexibility index (Phi) is 4.97. The molecule has 0 bridgehead atoms.